The Balaban J connectivity index is 2.24. The first-order valence-corrected chi connectivity index (χ1v) is 10.8. The predicted molar refractivity (Wildman–Crippen MR) is 105 cm³/mol. The Morgan fingerprint density at radius 2 is 2.06 bits per heavy atom. The fraction of sp³-hybridized carbons (Fsp3) is 0.412. The van der Waals surface area contributed by atoms with Crippen LogP contribution in [-0.4, -0.2) is 47.0 Å². The second-order valence-corrected chi connectivity index (χ2v) is 8.16. The van der Waals surface area contributed by atoms with Gasteiger partial charge < -0.3 is 9.68 Å². The Bertz CT molecular complexity index is 1080. The summed E-state index contributed by atoms with van der Waals surface area (Å²) in [5, 5.41) is 1.32. The first kappa shape index (κ1) is 24.6. The van der Waals surface area contributed by atoms with Crippen LogP contribution in [0.5, 0.6) is 5.75 Å². The number of carbonyl (C=O) groups excluding carboxylic acids is 4. The average Bonchev–Trinajstić information content (AvgIpc) is 3.01. The molecule has 1 aromatic carbocycles. The molecular formula is C17H19N5O9S. The molecule has 3 amide bonds. The molecule has 0 spiro atoms. The van der Waals surface area contributed by atoms with Crippen molar-refractivity contribution < 1.29 is 41.8 Å². The summed E-state index contributed by atoms with van der Waals surface area (Å²) >= 11 is 0. The van der Waals surface area contributed by atoms with Crippen LogP contribution in [0.15, 0.2) is 23.3 Å². The van der Waals surface area contributed by atoms with Crippen LogP contribution in [-0.2, 0) is 29.3 Å². The zero-order chi connectivity index (χ0) is 23.9. The average molecular weight is 469 g/mol. The van der Waals surface area contributed by atoms with Gasteiger partial charge in [-0.1, -0.05) is 30.9 Å². The minimum Gasteiger partial charge on any atom is -0.368 e. The minimum absolute atomic E-state index is 0.0685. The van der Waals surface area contributed by atoms with Crippen LogP contribution < -0.4 is 10.3 Å². The number of hydroxylamine groups is 3. The third kappa shape index (κ3) is 6.16. The zero-order valence-electron chi connectivity index (χ0n) is 16.8. The van der Waals surface area contributed by atoms with E-state index in [1.807, 2.05) is 12.4 Å². The molecule has 1 atom stereocenters. The standard InChI is InChI=1S/C17H19N5O9S/c1-2-3-4-5-15(24)30-20-16(25)11-7-6-10(19-21-18)8-12(11)31-22-14(23)9-13(17(22)26)32(27,28)29/h6-8,13H,2-5,9H2,1H3,(H,20,25)(H,27,28,29). The molecule has 1 heterocycles. The van der Waals surface area contributed by atoms with Crippen LogP contribution in [0.3, 0.4) is 0 Å². The second kappa shape index (κ2) is 10.6. The van der Waals surface area contributed by atoms with Gasteiger partial charge in [-0.15, -0.1) is 5.06 Å². The summed E-state index contributed by atoms with van der Waals surface area (Å²) in [4.78, 5) is 60.7. The molecule has 14 nitrogen and oxygen atoms in total. The van der Waals surface area contributed by atoms with E-state index in [9.17, 15) is 27.6 Å². The maximum atomic E-state index is 12.4. The summed E-state index contributed by atoms with van der Waals surface area (Å²) in [5.74, 6) is -4.64. The molecule has 15 heteroatoms. The Hall–Kier alpha value is -3.68. The van der Waals surface area contributed by atoms with Crippen LogP contribution in [0.4, 0.5) is 5.69 Å². The van der Waals surface area contributed by atoms with Crippen LogP contribution >= 0.6 is 0 Å². The molecule has 2 N–H and O–H groups in total. The summed E-state index contributed by atoms with van der Waals surface area (Å²) in [7, 11) is -4.88. The minimum atomic E-state index is -4.88. The fourth-order valence-corrected chi connectivity index (χ4v) is 3.33. The summed E-state index contributed by atoms with van der Waals surface area (Å²) in [6.45, 7) is 1.95. The number of imide groups is 1. The van der Waals surface area contributed by atoms with Gasteiger partial charge in [0.15, 0.2) is 11.0 Å². The van der Waals surface area contributed by atoms with E-state index in [1.165, 1.54) is 6.07 Å². The van der Waals surface area contributed by atoms with Gasteiger partial charge in [0.2, 0.25) is 0 Å². The van der Waals surface area contributed by atoms with Crippen molar-refractivity contribution in [2.45, 2.75) is 44.3 Å². The molecule has 0 saturated carbocycles. The van der Waals surface area contributed by atoms with E-state index in [0.29, 0.717) is 6.42 Å². The molecular weight excluding hydrogens is 450 g/mol. The molecule has 1 unspecified atom stereocenters. The van der Waals surface area contributed by atoms with Crippen molar-refractivity contribution in [1.29, 1.82) is 0 Å². The zero-order valence-corrected chi connectivity index (χ0v) is 17.6. The van der Waals surface area contributed by atoms with Gasteiger partial charge in [-0.2, -0.15) is 13.9 Å². The van der Waals surface area contributed by atoms with E-state index < -0.39 is 51.2 Å². The fourth-order valence-electron chi connectivity index (χ4n) is 2.63. The number of carbonyl (C=O) groups is 4. The van der Waals surface area contributed by atoms with E-state index in [-0.39, 0.29) is 22.7 Å². The van der Waals surface area contributed by atoms with Gasteiger partial charge >= 0.3 is 5.97 Å². The van der Waals surface area contributed by atoms with E-state index >= 15 is 0 Å². The number of amides is 3. The molecule has 0 aromatic heterocycles. The van der Waals surface area contributed by atoms with Crippen molar-refractivity contribution in [3.05, 3.63) is 34.2 Å². The lowest BCUT2D eigenvalue weighted by molar-refractivity contribution is -0.164. The summed E-state index contributed by atoms with van der Waals surface area (Å²) in [6.07, 6.45) is 1.44. The van der Waals surface area contributed by atoms with Gasteiger partial charge in [-0.25, -0.2) is 4.79 Å². The number of hydrogen-bond donors (Lipinski definition) is 2. The molecule has 1 aliphatic rings. The van der Waals surface area contributed by atoms with Crippen LogP contribution in [0.2, 0.25) is 0 Å². The Morgan fingerprint density at radius 3 is 2.66 bits per heavy atom. The number of rotatable bonds is 9. The highest BCUT2D eigenvalue weighted by atomic mass is 32.2. The summed E-state index contributed by atoms with van der Waals surface area (Å²) in [5.41, 5.74) is 10.1. The monoisotopic (exact) mass is 469 g/mol. The van der Waals surface area contributed by atoms with Gasteiger partial charge in [-0.05, 0) is 24.1 Å². The molecule has 32 heavy (non-hydrogen) atoms. The molecule has 1 fully saturated rings. The Labute approximate surface area is 181 Å². The smallest absolute Gasteiger partial charge is 0.332 e. The molecule has 0 radical (unpaired) electrons. The van der Waals surface area contributed by atoms with Gasteiger partial charge in [-0.3, -0.25) is 18.9 Å². The molecule has 1 saturated heterocycles. The van der Waals surface area contributed by atoms with Crippen LogP contribution in [0, 0.1) is 0 Å². The summed E-state index contributed by atoms with van der Waals surface area (Å²) in [6, 6.07) is 3.31. The highest BCUT2D eigenvalue weighted by molar-refractivity contribution is 7.87. The van der Waals surface area contributed by atoms with E-state index in [0.717, 1.165) is 25.0 Å². The van der Waals surface area contributed by atoms with E-state index in [4.69, 9.17) is 14.9 Å². The molecule has 2 rings (SSSR count). The Kier molecular flexibility index (Phi) is 8.12. The summed E-state index contributed by atoms with van der Waals surface area (Å²) < 4.78 is 31.7. The number of nitrogens with zero attached hydrogens (tertiary/aromatic N) is 4. The second-order valence-electron chi connectivity index (χ2n) is 6.56. The Morgan fingerprint density at radius 1 is 1.34 bits per heavy atom. The van der Waals surface area contributed by atoms with Crippen molar-refractivity contribution >= 4 is 39.5 Å². The number of unbranched alkanes of at least 4 members (excludes halogenated alkanes) is 2. The van der Waals surface area contributed by atoms with Gasteiger partial charge in [0, 0.05) is 17.0 Å². The maximum Gasteiger partial charge on any atom is 0.332 e. The van der Waals surface area contributed by atoms with Gasteiger partial charge in [0.05, 0.1) is 12.0 Å². The lowest BCUT2D eigenvalue weighted by Gasteiger charge is -2.17. The predicted octanol–water partition coefficient (Wildman–Crippen LogP) is 1.71. The third-order valence-electron chi connectivity index (χ3n) is 4.22. The third-order valence-corrected chi connectivity index (χ3v) is 5.31. The van der Waals surface area contributed by atoms with Crippen molar-refractivity contribution in [2.24, 2.45) is 5.11 Å². The lowest BCUT2D eigenvalue weighted by atomic mass is 10.1. The number of hydrogen-bond acceptors (Lipinski definition) is 9. The van der Waals surface area contributed by atoms with Gasteiger partial charge in [0.1, 0.15) is 0 Å². The van der Waals surface area contributed by atoms with Crippen molar-refractivity contribution in [3.63, 3.8) is 0 Å². The number of benzene rings is 1. The number of nitrogens with one attached hydrogen (secondary N) is 1. The number of azide groups is 1. The molecule has 1 aliphatic heterocycles. The molecule has 0 bridgehead atoms. The topological polar surface area (TPSA) is 205 Å². The van der Waals surface area contributed by atoms with Crippen molar-refractivity contribution in [1.82, 2.24) is 10.5 Å². The van der Waals surface area contributed by atoms with E-state index in [1.54, 1.807) is 0 Å². The van der Waals surface area contributed by atoms with Gasteiger partial charge in [0.25, 0.3) is 27.8 Å². The molecule has 0 aliphatic carbocycles. The highest BCUT2D eigenvalue weighted by Crippen LogP contribution is 2.29. The van der Waals surface area contributed by atoms with E-state index in [2.05, 4.69) is 14.9 Å². The normalized spacial score (nSPS) is 15.8. The van der Waals surface area contributed by atoms with Crippen molar-refractivity contribution in [3.8, 4) is 5.75 Å². The molecule has 172 valence electrons. The first-order chi connectivity index (χ1) is 15.1. The highest BCUT2D eigenvalue weighted by Gasteiger charge is 2.48. The SMILES string of the molecule is CCCCCC(=O)ONC(=O)c1ccc(N=[N+]=[N-])cc1ON1C(=O)CC(S(=O)(=O)O)C1=O. The largest absolute Gasteiger partial charge is 0.368 e. The van der Waals surface area contributed by atoms with Crippen LogP contribution in [0.25, 0.3) is 10.4 Å². The van der Waals surface area contributed by atoms with Crippen LogP contribution in [0.1, 0.15) is 49.4 Å². The lowest BCUT2D eigenvalue weighted by Crippen LogP contribution is -2.38. The quantitative estimate of drug-likeness (QED) is 0.102. The maximum absolute atomic E-state index is 12.4. The van der Waals surface area contributed by atoms with Crippen molar-refractivity contribution in [2.75, 3.05) is 0 Å². The first-order valence-electron chi connectivity index (χ1n) is 9.28. The molecule has 1 aromatic rings.